The number of rotatable bonds is 6. The molecule has 0 aromatic rings. The maximum absolute atomic E-state index is 11.1. The van der Waals surface area contributed by atoms with Gasteiger partial charge in [0.15, 0.2) is 9.84 Å². The van der Waals surface area contributed by atoms with Crippen molar-refractivity contribution in [3.63, 3.8) is 0 Å². The highest BCUT2D eigenvalue weighted by Gasteiger charge is 2.18. The van der Waals surface area contributed by atoms with Crippen LogP contribution >= 0.6 is 0 Å². The monoisotopic (exact) mass is 252 g/mol. The van der Waals surface area contributed by atoms with E-state index in [1.165, 1.54) is 0 Å². The van der Waals surface area contributed by atoms with Gasteiger partial charge in [0.25, 0.3) is 0 Å². The van der Waals surface area contributed by atoms with Crippen molar-refractivity contribution in [2.75, 3.05) is 57.6 Å². The smallest absolute Gasteiger partial charge is 0.175 e. The standard InChI is InChI=1S/C9H20N2O4S/c12-7-5-10-1-3-11(4-2-10)6-8-16(14,15)9-13/h12-13H,1-9H2. The molecule has 0 bridgehead atoms. The minimum absolute atomic E-state index is 0.0174. The van der Waals surface area contributed by atoms with Gasteiger partial charge in [0.2, 0.25) is 0 Å². The normalized spacial score (nSPS) is 20.1. The average molecular weight is 252 g/mol. The van der Waals surface area contributed by atoms with Gasteiger partial charge in [0.1, 0.15) is 5.94 Å². The maximum atomic E-state index is 11.1. The van der Waals surface area contributed by atoms with Gasteiger partial charge in [0.05, 0.1) is 12.4 Å². The molecule has 1 saturated heterocycles. The molecule has 1 fully saturated rings. The zero-order chi connectivity index (χ0) is 12.0. The summed E-state index contributed by atoms with van der Waals surface area (Å²) in [5, 5.41) is 17.4. The summed E-state index contributed by atoms with van der Waals surface area (Å²) < 4.78 is 22.2. The Balaban J connectivity index is 2.22. The summed E-state index contributed by atoms with van der Waals surface area (Å²) in [7, 11) is -3.28. The van der Waals surface area contributed by atoms with E-state index in [1.807, 2.05) is 0 Å². The zero-order valence-electron chi connectivity index (χ0n) is 9.38. The van der Waals surface area contributed by atoms with Crippen LogP contribution in [0.1, 0.15) is 0 Å². The first-order chi connectivity index (χ1) is 7.57. The fraction of sp³-hybridized carbons (Fsp3) is 1.00. The second-order valence-electron chi connectivity index (χ2n) is 3.98. The number of sulfone groups is 1. The van der Waals surface area contributed by atoms with Crippen LogP contribution in [0.15, 0.2) is 0 Å². The van der Waals surface area contributed by atoms with Crippen molar-refractivity contribution in [3.05, 3.63) is 0 Å². The molecule has 96 valence electrons. The lowest BCUT2D eigenvalue weighted by atomic mass is 10.3. The Morgan fingerprint density at radius 2 is 1.44 bits per heavy atom. The molecule has 1 aliphatic rings. The third-order valence-electron chi connectivity index (χ3n) is 2.80. The highest BCUT2D eigenvalue weighted by Crippen LogP contribution is 2.01. The van der Waals surface area contributed by atoms with Crippen LogP contribution in [0.5, 0.6) is 0 Å². The molecular formula is C9H20N2O4S. The van der Waals surface area contributed by atoms with Crippen molar-refractivity contribution in [2.24, 2.45) is 0 Å². The lowest BCUT2D eigenvalue weighted by Gasteiger charge is -2.34. The molecule has 0 saturated carbocycles. The summed E-state index contributed by atoms with van der Waals surface area (Å²) in [4.78, 5) is 4.22. The Labute approximate surface area is 96.4 Å². The van der Waals surface area contributed by atoms with Crippen LogP contribution < -0.4 is 0 Å². The van der Waals surface area contributed by atoms with Crippen molar-refractivity contribution in [3.8, 4) is 0 Å². The number of hydrogen-bond acceptors (Lipinski definition) is 6. The molecule has 16 heavy (non-hydrogen) atoms. The number of nitrogens with zero attached hydrogens (tertiary/aromatic N) is 2. The van der Waals surface area contributed by atoms with E-state index in [0.29, 0.717) is 13.1 Å². The number of hydrogen-bond donors (Lipinski definition) is 2. The molecule has 1 aliphatic heterocycles. The molecule has 1 heterocycles. The van der Waals surface area contributed by atoms with Crippen LogP contribution in [-0.2, 0) is 9.84 Å². The second kappa shape index (κ2) is 6.51. The summed E-state index contributed by atoms with van der Waals surface area (Å²) >= 11 is 0. The third-order valence-corrected chi connectivity index (χ3v) is 3.99. The van der Waals surface area contributed by atoms with E-state index in [9.17, 15) is 8.42 Å². The van der Waals surface area contributed by atoms with E-state index in [4.69, 9.17) is 10.2 Å². The van der Waals surface area contributed by atoms with Crippen LogP contribution in [-0.4, -0.2) is 86.0 Å². The number of aliphatic hydroxyl groups excluding tert-OH is 2. The summed E-state index contributed by atoms with van der Waals surface area (Å²) in [6.45, 7) is 4.69. The van der Waals surface area contributed by atoms with Gasteiger partial charge in [-0.3, -0.25) is 9.80 Å². The minimum Gasteiger partial charge on any atom is -0.395 e. The zero-order valence-corrected chi connectivity index (χ0v) is 10.2. The Morgan fingerprint density at radius 3 is 1.88 bits per heavy atom. The van der Waals surface area contributed by atoms with Gasteiger partial charge in [-0.2, -0.15) is 0 Å². The molecule has 0 aromatic carbocycles. The summed E-state index contributed by atoms with van der Waals surface area (Å²) in [5.74, 6) is -0.749. The third kappa shape index (κ3) is 4.75. The van der Waals surface area contributed by atoms with E-state index >= 15 is 0 Å². The Hall–Kier alpha value is -0.210. The maximum Gasteiger partial charge on any atom is 0.175 e. The van der Waals surface area contributed by atoms with Crippen LogP contribution in [0.4, 0.5) is 0 Å². The van der Waals surface area contributed by atoms with Crippen molar-refractivity contribution in [1.82, 2.24) is 9.80 Å². The predicted molar refractivity (Wildman–Crippen MR) is 60.8 cm³/mol. The largest absolute Gasteiger partial charge is 0.395 e. The predicted octanol–water partition coefficient (Wildman–Crippen LogP) is -2.04. The van der Waals surface area contributed by atoms with E-state index in [1.54, 1.807) is 0 Å². The summed E-state index contributed by atoms with van der Waals surface area (Å²) in [6, 6.07) is 0. The fourth-order valence-corrected chi connectivity index (χ4v) is 2.38. The van der Waals surface area contributed by atoms with Crippen LogP contribution in [0, 0.1) is 0 Å². The van der Waals surface area contributed by atoms with Gasteiger partial charge in [-0.15, -0.1) is 0 Å². The molecule has 0 atom stereocenters. The Bertz CT molecular complexity index is 286. The first-order valence-electron chi connectivity index (χ1n) is 5.44. The fourth-order valence-electron chi connectivity index (χ4n) is 1.71. The average Bonchev–Trinajstić information content (AvgIpc) is 2.29. The van der Waals surface area contributed by atoms with Gasteiger partial charge >= 0.3 is 0 Å². The molecule has 0 aliphatic carbocycles. The van der Waals surface area contributed by atoms with Crippen LogP contribution in [0.3, 0.4) is 0 Å². The summed E-state index contributed by atoms with van der Waals surface area (Å²) in [5.41, 5.74) is 0. The molecule has 0 radical (unpaired) electrons. The lowest BCUT2D eigenvalue weighted by molar-refractivity contribution is 0.116. The SMILES string of the molecule is O=S(=O)(CO)CCN1CCN(CCO)CC1. The number of piperazine rings is 1. The number of β-amino-alcohol motifs (C(OH)–C–C–N with tert-alkyl or cyclic N) is 1. The molecule has 7 heteroatoms. The second-order valence-corrected chi connectivity index (χ2v) is 6.14. The molecule has 0 aromatic heterocycles. The van der Waals surface area contributed by atoms with Crippen LogP contribution in [0.25, 0.3) is 0 Å². The quantitative estimate of drug-likeness (QED) is 0.567. The molecule has 6 nitrogen and oxygen atoms in total. The van der Waals surface area contributed by atoms with Crippen molar-refractivity contribution < 1.29 is 18.6 Å². The summed E-state index contributed by atoms with van der Waals surface area (Å²) in [6.07, 6.45) is 0. The molecule has 0 amide bonds. The van der Waals surface area contributed by atoms with Gasteiger partial charge in [-0.05, 0) is 0 Å². The first-order valence-corrected chi connectivity index (χ1v) is 7.26. The molecule has 0 spiro atoms. The van der Waals surface area contributed by atoms with E-state index < -0.39 is 15.8 Å². The van der Waals surface area contributed by atoms with Crippen molar-refractivity contribution in [1.29, 1.82) is 0 Å². The Morgan fingerprint density at radius 1 is 0.938 bits per heavy atom. The van der Waals surface area contributed by atoms with Gasteiger partial charge in [-0.1, -0.05) is 0 Å². The van der Waals surface area contributed by atoms with Crippen LogP contribution in [0.2, 0.25) is 0 Å². The number of aliphatic hydroxyl groups is 2. The van der Waals surface area contributed by atoms with Gasteiger partial charge < -0.3 is 10.2 Å². The molecule has 0 unspecified atom stereocenters. The lowest BCUT2D eigenvalue weighted by Crippen LogP contribution is -2.48. The van der Waals surface area contributed by atoms with Crippen molar-refractivity contribution >= 4 is 9.84 Å². The van der Waals surface area contributed by atoms with Gasteiger partial charge in [0, 0.05) is 39.3 Å². The van der Waals surface area contributed by atoms with Crippen molar-refractivity contribution in [2.45, 2.75) is 0 Å². The van der Waals surface area contributed by atoms with E-state index in [2.05, 4.69) is 9.80 Å². The first kappa shape index (κ1) is 13.9. The van der Waals surface area contributed by atoms with E-state index in [-0.39, 0.29) is 12.4 Å². The highest BCUT2D eigenvalue weighted by molar-refractivity contribution is 7.91. The minimum atomic E-state index is -3.28. The van der Waals surface area contributed by atoms with Gasteiger partial charge in [-0.25, -0.2) is 8.42 Å². The Kier molecular flexibility index (Phi) is 5.63. The van der Waals surface area contributed by atoms with E-state index in [0.717, 1.165) is 26.2 Å². The molecular weight excluding hydrogens is 232 g/mol. The highest BCUT2D eigenvalue weighted by atomic mass is 32.2. The molecule has 1 rings (SSSR count). The molecule has 2 N–H and O–H groups in total. The topological polar surface area (TPSA) is 81.1 Å².